The number of fused-ring (bicyclic) bond motifs is 1. The number of nitrogens with one attached hydrogen (secondary N) is 3. The van der Waals surface area contributed by atoms with Gasteiger partial charge in [0.15, 0.2) is 0 Å². The predicted octanol–water partition coefficient (Wildman–Crippen LogP) is 1.31. The standard InChI is InChI=1S/C19H26N4O3/c1-3-7-15-18(25)23-11-14(10-16(23)17(24)22-15)21-19(26)20-12(2)13-8-5-4-6-9-13/h4-6,8-9,12,14-16H,3,7,10-11H2,1-2H3,(H,22,24)(H2,20,21,26)/t12-,14-,15-,16-/m0/s1. The molecule has 2 aliphatic rings. The van der Waals surface area contributed by atoms with Crippen LogP contribution >= 0.6 is 0 Å². The molecule has 3 rings (SSSR count). The quantitative estimate of drug-likeness (QED) is 0.741. The lowest BCUT2D eigenvalue weighted by Crippen LogP contribution is -2.61. The molecule has 0 unspecified atom stereocenters. The predicted molar refractivity (Wildman–Crippen MR) is 97.3 cm³/mol. The van der Waals surface area contributed by atoms with E-state index >= 15 is 0 Å². The molecule has 7 heteroatoms. The zero-order valence-electron chi connectivity index (χ0n) is 15.2. The molecule has 0 saturated carbocycles. The third kappa shape index (κ3) is 3.81. The molecule has 3 N–H and O–H groups in total. The molecule has 26 heavy (non-hydrogen) atoms. The Morgan fingerprint density at radius 1 is 1.31 bits per heavy atom. The van der Waals surface area contributed by atoms with Crippen LogP contribution in [0, 0.1) is 0 Å². The van der Waals surface area contributed by atoms with Gasteiger partial charge in [0.05, 0.1) is 12.1 Å². The maximum atomic E-state index is 12.5. The molecule has 4 atom stereocenters. The fourth-order valence-electron chi connectivity index (χ4n) is 3.70. The van der Waals surface area contributed by atoms with E-state index in [-0.39, 0.29) is 29.9 Å². The maximum absolute atomic E-state index is 12.5. The highest BCUT2D eigenvalue weighted by Crippen LogP contribution is 2.24. The van der Waals surface area contributed by atoms with Crippen molar-refractivity contribution in [1.82, 2.24) is 20.9 Å². The van der Waals surface area contributed by atoms with Crippen molar-refractivity contribution in [3.05, 3.63) is 35.9 Å². The van der Waals surface area contributed by atoms with Gasteiger partial charge < -0.3 is 20.9 Å². The summed E-state index contributed by atoms with van der Waals surface area (Å²) in [5.41, 5.74) is 1.02. The Hall–Kier alpha value is -2.57. The number of amides is 4. The van der Waals surface area contributed by atoms with E-state index in [1.165, 1.54) is 0 Å². The summed E-state index contributed by atoms with van der Waals surface area (Å²) in [6.45, 7) is 4.28. The highest BCUT2D eigenvalue weighted by atomic mass is 16.2. The minimum Gasteiger partial charge on any atom is -0.343 e. The van der Waals surface area contributed by atoms with Crippen LogP contribution < -0.4 is 16.0 Å². The van der Waals surface area contributed by atoms with Crippen LogP contribution in [0.4, 0.5) is 4.79 Å². The zero-order chi connectivity index (χ0) is 18.7. The van der Waals surface area contributed by atoms with E-state index in [9.17, 15) is 14.4 Å². The summed E-state index contributed by atoms with van der Waals surface area (Å²) in [4.78, 5) is 38.7. The van der Waals surface area contributed by atoms with Gasteiger partial charge in [0.25, 0.3) is 0 Å². The first-order chi connectivity index (χ1) is 12.5. The summed E-state index contributed by atoms with van der Waals surface area (Å²) in [5.74, 6) is -0.163. The van der Waals surface area contributed by atoms with Gasteiger partial charge >= 0.3 is 6.03 Å². The van der Waals surface area contributed by atoms with Gasteiger partial charge in [-0.15, -0.1) is 0 Å². The molecule has 1 aromatic carbocycles. The molecule has 0 radical (unpaired) electrons. The van der Waals surface area contributed by atoms with Gasteiger partial charge in [-0.3, -0.25) is 9.59 Å². The van der Waals surface area contributed by atoms with E-state index in [1.807, 2.05) is 44.2 Å². The van der Waals surface area contributed by atoms with Crippen LogP contribution in [-0.4, -0.2) is 47.4 Å². The largest absolute Gasteiger partial charge is 0.343 e. The number of rotatable bonds is 5. The van der Waals surface area contributed by atoms with Crippen LogP contribution in [0.5, 0.6) is 0 Å². The van der Waals surface area contributed by atoms with Gasteiger partial charge in [-0.2, -0.15) is 0 Å². The van der Waals surface area contributed by atoms with Crippen molar-refractivity contribution < 1.29 is 14.4 Å². The molecule has 4 amide bonds. The zero-order valence-corrected chi connectivity index (χ0v) is 15.2. The molecule has 0 aromatic heterocycles. The molecular weight excluding hydrogens is 332 g/mol. The lowest BCUT2D eigenvalue weighted by molar-refractivity contribution is -0.147. The summed E-state index contributed by atoms with van der Waals surface area (Å²) in [5, 5.41) is 8.61. The third-order valence-electron chi connectivity index (χ3n) is 5.06. The molecule has 140 valence electrons. The molecule has 2 heterocycles. The topological polar surface area (TPSA) is 90.5 Å². The van der Waals surface area contributed by atoms with Gasteiger partial charge in [0, 0.05) is 6.54 Å². The van der Waals surface area contributed by atoms with Crippen molar-refractivity contribution >= 4 is 17.8 Å². The van der Waals surface area contributed by atoms with E-state index < -0.39 is 12.1 Å². The summed E-state index contributed by atoms with van der Waals surface area (Å²) in [7, 11) is 0. The number of benzene rings is 1. The van der Waals surface area contributed by atoms with Crippen LogP contribution in [-0.2, 0) is 9.59 Å². The second kappa shape index (κ2) is 7.76. The molecule has 1 aromatic rings. The van der Waals surface area contributed by atoms with Crippen LogP contribution in [0.1, 0.15) is 44.7 Å². The van der Waals surface area contributed by atoms with E-state index in [1.54, 1.807) is 4.90 Å². The Morgan fingerprint density at radius 2 is 2.04 bits per heavy atom. The third-order valence-corrected chi connectivity index (χ3v) is 5.06. The van der Waals surface area contributed by atoms with Crippen molar-refractivity contribution in [2.45, 2.75) is 57.3 Å². The minimum atomic E-state index is -0.479. The average molecular weight is 358 g/mol. The number of carbonyl (C=O) groups is 3. The number of piperazine rings is 1. The van der Waals surface area contributed by atoms with E-state index in [4.69, 9.17) is 0 Å². The molecule has 7 nitrogen and oxygen atoms in total. The first-order valence-corrected chi connectivity index (χ1v) is 9.22. The molecular formula is C19H26N4O3. The number of hydrogen-bond acceptors (Lipinski definition) is 3. The van der Waals surface area contributed by atoms with Crippen molar-refractivity contribution in [3.63, 3.8) is 0 Å². The number of urea groups is 1. The lowest BCUT2D eigenvalue weighted by Gasteiger charge is -2.34. The fourth-order valence-corrected chi connectivity index (χ4v) is 3.70. The van der Waals surface area contributed by atoms with Crippen molar-refractivity contribution in [1.29, 1.82) is 0 Å². The second-order valence-corrected chi connectivity index (χ2v) is 7.04. The van der Waals surface area contributed by atoms with Gasteiger partial charge in [-0.05, 0) is 25.3 Å². The highest BCUT2D eigenvalue weighted by Gasteiger charge is 2.46. The van der Waals surface area contributed by atoms with Crippen LogP contribution in [0.3, 0.4) is 0 Å². The number of nitrogens with zero attached hydrogens (tertiary/aromatic N) is 1. The summed E-state index contributed by atoms with van der Waals surface area (Å²) in [6, 6.07) is 8.14. The van der Waals surface area contributed by atoms with Gasteiger partial charge in [0.1, 0.15) is 12.1 Å². The molecule has 2 fully saturated rings. The van der Waals surface area contributed by atoms with Crippen LogP contribution in [0.15, 0.2) is 30.3 Å². The Bertz CT molecular complexity index is 679. The highest BCUT2D eigenvalue weighted by molar-refractivity contribution is 5.97. The van der Waals surface area contributed by atoms with Crippen molar-refractivity contribution in [3.8, 4) is 0 Å². The normalized spacial score (nSPS) is 26.1. The van der Waals surface area contributed by atoms with Crippen molar-refractivity contribution in [2.24, 2.45) is 0 Å². The molecule has 2 saturated heterocycles. The first-order valence-electron chi connectivity index (χ1n) is 9.22. The Morgan fingerprint density at radius 3 is 2.73 bits per heavy atom. The van der Waals surface area contributed by atoms with Crippen molar-refractivity contribution in [2.75, 3.05) is 6.54 Å². The minimum absolute atomic E-state index is 0.0428. The Kier molecular flexibility index (Phi) is 5.44. The van der Waals surface area contributed by atoms with E-state index in [2.05, 4.69) is 16.0 Å². The number of carbonyl (C=O) groups excluding carboxylic acids is 3. The maximum Gasteiger partial charge on any atom is 0.315 e. The summed E-state index contributed by atoms with van der Waals surface area (Å²) >= 11 is 0. The smallest absolute Gasteiger partial charge is 0.315 e. The summed E-state index contributed by atoms with van der Waals surface area (Å²) < 4.78 is 0. The van der Waals surface area contributed by atoms with Crippen LogP contribution in [0.2, 0.25) is 0 Å². The van der Waals surface area contributed by atoms with E-state index in [0.717, 1.165) is 12.0 Å². The molecule has 0 spiro atoms. The lowest BCUT2D eigenvalue weighted by atomic mass is 10.0. The Balaban J connectivity index is 1.56. The average Bonchev–Trinajstić information content (AvgIpc) is 3.05. The Labute approximate surface area is 153 Å². The molecule has 0 bridgehead atoms. The van der Waals surface area contributed by atoms with E-state index in [0.29, 0.717) is 19.4 Å². The van der Waals surface area contributed by atoms with Gasteiger partial charge in [0.2, 0.25) is 11.8 Å². The van der Waals surface area contributed by atoms with Crippen LogP contribution in [0.25, 0.3) is 0 Å². The SMILES string of the molecule is CCC[C@@H]1NC(=O)[C@@H]2C[C@H](NC(=O)N[C@@H](C)c3ccccc3)CN2C1=O. The monoisotopic (exact) mass is 358 g/mol. The fraction of sp³-hybridized carbons (Fsp3) is 0.526. The first kappa shape index (κ1) is 18.2. The van der Waals surface area contributed by atoms with Gasteiger partial charge in [-0.1, -0.05) is 43.7 Å². The molecule has 2 aliphatic heterocycles. The second-order valence-electron chi connectivity index (χ2n) is 7.04. The molecule has 0 aliphatic carbocycles. The number of hydrogen-bond donors (Lipinski definition) is 3. The van der Waals surface area contributed by atoms with Gasteiger partial charge in [-0.25, -0.2) is 4.79 Å². The summed E-state index contributed by atoms with van der Waals surface area (Å²) in [6.07, 6.45) is 1.92.